The second kappa shape index (κ2) is 7.29. The van der Waals surface area contributed by atoms with Gasteiger partial charge in [-0.1, -0.05) is 34.6 Å². The molecular formula is C14H32N2. The largest absolute Gasteiger partial charge is 0.330 e. The summed E-state index contributed by atoms with van der Waals surface area (Å²) in [6.45, 7) is 14.6. The van der Waals surface area contributed by atoms with Gasteiger partial charge < -0.3 is 10.6 Å². The Balaban J connectivity index is 3.92. The summed E-state index contributed by atoms with van der Waals surface area (Å²) in [5.74, 6) is 1.43. The quantitative estimate of drug-likeness (QED) is 0.726. The lowest BCUT2D eigenvalue weighted by atomic mass is 9.84. The highest BCUT2D eigenvalue weighted by molar-refractivity contribution is 4.72. The van der Waals surface area contributed by atoms with Crippen LogP contribution in [-0.4, -0.2) is 31.6 Å². The molecule has 0 spiro atoms. The van der Waals surface area contributed by atoms with Crippen LogP contribution in [-0.2, 0) is 0 Å². The Morgan fingerprint density at radius 2 is 1.75 bits per heavy atom. The summed E-state index contributed by atoms with van der Waals surface area (Å²) >= 11 is 0. The van der Waals surface area contributed by atoms with Crippen LogP contribution in [0.15, 0.2) is 0 Å². The van der Waals surface area contributed by atoms with Gasteiger partial charge in [0.05, 0.1) is 0 Å². The lowest BCUT2D eigenvalue weighted by Gasteiger charge is -2.29. The second-order valence-corrected chi connectivity index (χ2v) is 6.81. The van der Waals surface area contributed by atoms with E-state index >= 15 is 0 Å². The Labute approximate surface area is 103 Å². The first kappa shape index (κ1) is 15.9. The molecule has 0 radical (unpaired) electrons. The van der Waals surface area contributed by atoms with Crippen molar-refractivity contribution in [2.45, 2.75) is 47.5 Å². The molecule has 2 heteroatoms. The van der Waals surface area contributed by atoms with Crippen molar-refractivity contribution in [1.29, 1.82) is 0 Å². The van der Waals surface area contributed by atoms with Crippen molar-refractivity contribution in [3.05, 3.63) is 0 Å². The monoisotopic (exact) mass is 228 g/mol. The van der Waals surface area contributed by atoms with E-state index in [0.717, 1.165) is 19.0 Å². The van der Waals surface area contributed by atoms with Gasteiger partial charge in [0.1, 0.15) is 0 Å². The first-order chi connectivity index (χ1) is 7.24. The van der Waals surface area contributed by atoms with Crippen LogP contribution in [0.1, 0.15) is 47.5 Å². The van der Waals surface area contributed by atoms with Crippen molar-refractivity contribution in [3.63, 3.8) is 0 Å². The molecule has 2 N–H and O–H groups in total. The van der Waals surface area contributed by atoms with Gasteiger partial charge in [0.25, 0.3) is 0 Å². The molecule has 16 heavy (non-hydrogen) atoms. The molecule has 1 atom stereocenters. The third-order valence-corrected chi connectivity index (χ3v) is 2.89. The number of nitrogens with two attached hydrogens (primary N) is 1. The van der Waals surface area contributed by atoms with E-state index in [1.54, 1.807) is 0 Å². The van der Waals surface area contributed by atoms with Crippen LogP contribution in [0.25, 0.3) is 0 Å². The van der Waals surface area contributed by atoms with Crippen molar-refractivity contribution in [2.24, 2.45) is 23.0 Å². The molecule has 0 heterocycles. The average Bonchev–Trinajstić information content (AvgIpc) is 2.11. The predicted octanol–water partition coefficient (Wildman–Crippen LogP) is 2.98. The van der Waals surface area contributed by atoms with Crippen LogP contribution in [0, 0.1) is 17.3 Å². The zero-order valence-corrected chi connectivity index (χ0v) is 12.2. The van der Waals surface area contributed by atoms with Gasteiger partial charge in [0, 0.05) is 6.54 Å². The number of hydrogen-bond acceptors (Lipinski definition) is 2. The van der Waals surface area contributed by atoms with E-state index < -0.39 is 0 Å². The van der Waals surface area contributed by atoms with Crippen LogP contribution >= 0.6 is 0 Å². The topological polar surface area (TPSA) is 29.3 Å². The van der Waals surface area contributed by atoms with Gasteiger partial charge in [-0.2, -0.15) is 0 Å². The smallest absolute Gasteiger partial charge is 0.00189 e. The van der Waals surface area contributed by atoms with Gasteiger partial charge in [-0.05, 0) is 50.2 Å². The van der Waals surface area contributed by atoms with E-state index in [2.05, 4.69) is 46.6 Å². The molecule has 1 unspecified atom stereocenters. The molecule has 0 fully saturated rings. The van der Waals surface area contributed by atoms with E-state index in [1.165, 1.54) is 19.4 Å². The normalized spacial score (nSPS) is 14.8. The third kappa shape index (κ3) is 9.17. The molecule has 0 aromatic heterocycles. The minimum absolute atomic E-state index is 0.392. The first-order valence-corrected chi connectivity index (χ1v) is 6.63. The standard InChI is InChI=1S/C14H32N2/c1-12(2)7-8-16(6)11-13(10-15)9-14(3,4)5/h12-13H,7-11,15H2,1-6H3. The molecule has 2 nitrogen and oxygen atoms in total. The van der Waals surface area contributed by atoms with Crippen molar-refractivity contribution < 1.29 is 0 Å². The van der Waals surface area contributed by atoms with Crippen molar-refractivity contribution in [2.75, 3.05) is 26.7 Å². The van der Waals surface area contributed by atoms with E-state index in [1.807, 2.05) is 0 Å². The summed E-state index contributed by atoms with van der Waals surface area (Å²) in [5, 5.41) is 0. The molecule has 0 aromatic rings. The molecule has 0 saturated heterocycles. The Bertz CT molecular complexity index is 170. The number of rotatable bonds is 7. The fourth-order valence-electron chi connectivity index (χ4n) is 2.10. The SMILES string of the molecule is CC(C)CCN(C)CC(CN)CC(C)(C)C. The van der Waals surface area contributed by atoms with Gasteiger partial charge in [-0.25, -0.2) is 0 Å². The van der Waals surface area contributed by atoms with Crippen LogP contribution in [0.3, 0.4) is 0 Å². The van der Waals surface area contributed by atoms with Gasteiger partial charge >= 0.3 is 0 Å². The molecule has 98 valence electrons. The number of nitrogens with zero attached hydrogens (tertiary/aromatic N) is 1. The van der Waals surface area contributed by atoms with Crippen LogP contribution < -0.4 is 5.73 Å². The van der Waals surface area contributed by atoms with Crippen molar-refractivity contribution in [1.82, 2.24) is 4.90 Å². The highest BCUT2D eigenvalue weighted by Crippen LogP contribution is 2.24. The second-order valence-electron chi connectivity index (χ2n) is 6.81. The van der Waals surface area contributed by atoms with E-state index in [4.69, 9.17) is 5.73 Å². The zero-order valence-electron chi connectivity index (χ0n) is 12.2. The van der Waals surface area contributed by atoms with Gasteiger partial charge in [0.15, 0.2) is 0 Å². The Hall–Kier alpha value is -0.0800. The molecule has 0 saturated carbocycles. The minimum Gasteiger partial charge on any atom is -0.330 e. The van der Waals surface area contributed by atoms with Gasteiger partial charge in [-0.15, -0.1) is 0 Å². The van der Waals surface area contributed by atoms with Crippen LogP contribution in [0.2, 0.25) is 0 Å². The summed E-state index contributed by atoms with van der Waals surface area (Å²) < 4.78 is 0. The molecule has 0 bridgehead atoms. The lowest BCUT2D eigenvalue weighted by molar-refractivity contribution is 0.214. The summed E-state index contributed by atoms with van der Waals surface area (Å²) in [4.78, 5) is 2.43. The predicted molar refractivity (Wildman–Crippen MR) is 73.6 cm³/mol. The van der Waals surface area contributed by atoms with Gasteiger partial charge in [0.2, 0.25) is 0 Å². The lowest BCUT2D eigenvalue weighted by Crippen LogP contribution is -2.33. The van der Waals surface area contributed by atoms with Crippen molar-refractivity contribution >= 4 is 0 Å². The van der Waals surface area contributed by atoms with Gasteiger partial charge in [-0.3, -0.25) is 0 Å². The maximum atomic E-state index is 5.86. The van der Waals surface area contributed by atoms with Crippen LogP contribution in [0.4, 0.5) is 0 Å². The molecule has 0 amide bonds. The fourth-order valence-corrected chi connectivity index (χ4v) is 2.10. The van der Waals surface area contributed by atoms with E-state index in [-0.39, 0.29) is 0 Å². The summed E-state index contributed by atoms with van der Waals surface area (Å²) in [6, 6.07) is 0. The maximum absolute atomic E-state index is 5.86. The molecular weight excluding hydrogens is 196 g/mol. The Kier molecular flexibility index (Phi) is 7.25. The third-order valence-electron chi connectivity index (χ3n) is 2.89. The minimum atomic E-state index is 0.392. The summed E-state index contributed by atoms with van der Waals surface area (Å²) in [7, 11) is 2.22. The summed E-state index contributed by atoms with van der Waals surface area (Å²) in [6.07, 6.45) is 2.50. The maximum Gasteiger partial charge on any atom is 0.00189 e. The van der Waals surface area contributed by atoms with E-state index in [0.29, 0.717) is 11.3 Å². The van der Waals surface area contributed by atoms with Crippen molar-refractivity contribution in [3.8, 4) is 0 Å². The molecule has 0 aliphatic carbocycles. The Morgan fingerprint density at radius 1 is 1.19 bits per heavy atom. The van der Waals surface area contributed by atoms with E-state index in [9.17, 15) is 0 Å². The van der Waals surface area contributed by atoms with Crippen LogP contribution in [0.5, 0.6) is 0 Å². The summed E-state index contributed by atoms with van der Waals surface area (Å²) in [5.41, 5.74) is 6.25. The molecule has 0 aromatic carbocycles. The molecule has 0 aliphatic heterocycles. The molecule has 0 aliphatic rings. The fraction of sp³-hybridized carbons (Fsp3) is 1.00. The Morgan fingerprint density at radius 3 is 2.12 bits per heavy atom. The number of hydrogen-bond donors (Lipinski definition) is 1. The first-order valence-electron chi connectivity index (χ1n) is 6.63. The average molecular weight is 228 g/mol. The highest BCUT2D eigenvalue weighted by atomic mass is 15.1. The molecule has 0 rings (SSSR count). The zero-order chi connectivity index (χ0) is 12.8. The highest BCUT2D eigenvalue weighted by Gasteiger charge is 2.18.